The lowest BCUT2D eigenvalue weighted by molar-refractivity contribution is -0.0655. The Morgan fingerprint density at radius 1 is 1.30 bits per heavy atom. The van der Waals surface area contributed by atoms with Crippen molar-refractivity contribution in [2.45, 2.75) is 85.6 Å². The molecule has 1 saturated heterocycles. The average Bonchev–Trinajstić information content (AvgIpc) is 2.60. The molecule has 1 aliphatic rings. The predicted molar refractivity (Wildman–Crippen MR) is 91.2 cm³/mol. The van der Waals surface area contributed by atoms with Crippen LogP contribution >= 0.6 is 0 Å². The van der Waals surface area contributed by atoms with Crippen LogP contribution in [0.25, 0.3) is 0 Å². The zero-order chi connectivity index (χ0) is 18.1. The number of ether oxygens (including phenoxy) is 2. The van der Waals surface area contributed by atoms with Crippen LogP contribution in [0.3, 0.4) is 0 Å². The van der Waals surface area contributed by atoms with Gasteiger partial charge < -0.3 is 14.6 Å². The molecule has 0 aromatic carbocycles. The molecule has 5 heteroatoms. The Balaban J connectivity index is 3.03. The van der Waals surface area contributed by atoms with Gasteiger partial charge in [-0.2, -0.15) is 0 Å². The SMILES string of the molecule is CC(C)(C)C[C@H](CCO)[C@@H]1COC(C)(C)N1C(=O)OC(C)(C)C. The van der Waals surface area contributed by atoms with E-state index in [9.17, 15) is 9.90 Å². The third-order valence-electron chi connectivity index (χ3n) is 4.03. The minimum absolute atomic E-state index is 0.0776. The van der Waals surface area contributed by atoms with Crippen LogP contribution in [-0.4, -0.2) is 46.7 Å². The quantitative estimate of drug-likeness (QED) is 0.852. The van der Waals surface area contributed by atoms with Crippen molar-refractivity contribution >= 4 is 6.09 Å². The molecular weight excluding hydrogens is 294 g/mol. The maximum atomic E-state index is 12.7. The molecule has 0 aromatic rings. The van der Waals surface area contributed by atoms with Gasteiger partial charge in [0.25, 0.3) is 0 Å². The first kappa shape index (κ1) is 20.2. The molecule has 1 rings (SSSR count). The van der Waals surface area contributed by atoms with Crippen molar-refractivity contribution in [3.8, 4) is 0 Å². The molecular formula is C18H35NO4. The number of aliphatic hydroxyl groups is 1. The van der Waals surface area contributed by atoms with Crippen molar-refractivity contribution in [1.82, 2.24) is 4.90 Å². The lowest BCUT2D eigenvalue weighted by Gasteiger charge is -2.39. The van der Waals surface area contributed by atoms with E-state index in [1.54, 1.807) is 4.90 Å². The predicted octanol–water partition coefficient (Wildman–Crippen LogP) is 3.79. The van der Waals surface area contributed by atoms with Gasteiger partial charge in [-0.15, -0.1) is 0 Å². The van der Waals surface area contributed by atoms with Gasteiger partial charge in [0.05, 0.1) is 12.6 Å². The number of rotatable bonds is 4. The first-order valence-electron chi connectivity index (χ1n) is 8.54. The molecule has 23 heavy (non-hydrogen) atoms. The van der Waals surface area contributed by atoms with Crippen molar-refractivity contribution in [2.75, 3.05) is 13.2 Å². The van der Waals surface area contributed by atoms with E-state index in [2.05, 4.69) is 20.8 Å². The highest BCUT2D eigenvalue weighted by molar-refractivity contribution is 5.69. The van der Waals surface area contributed by atoms with Crippen LogP contribution < -0.4 is 0 Å². The number of carbonyl (C=O) groups is 1. The van der Waals surface area contributed by atoms with Gasteiger partial charge in [0.2, 0.25) is 0 Å². The lowest BCUT2D eigenvalue weighted by atomic mass is 9.79. The number of hydrogen-bond acceptors (Lipinski definition) is 4. The van der Waals surface area contributed by atoms with Crippen molar-refractivity contribution in [1.29, 1.82) is 0 Å². The smallest absolute Gasteiger partial charge is 0.412 e. The Bertz CT molecular complexity index is 406. The average molecular weight is 329 g/mol. The Morgan fingerprint density at radius 3 is 2.30 bits per heavy atom. The van der Waals surface area contributed by atoms with E-state index in [0.717, 1.165) is 6.42 Å². The van der Waals surface area contributed by atoms with Crippen LogP contribution in [0.4, 0.5) is 4.79 Å². The monoisotopic (exact) mass is 329 g/mol. The van der Waals surface area contributed by atoms with Crippen LogP contribution in [0.15, 0.2) is 0 Å². The van der Waals surface area contributed by atoms with Gasteiger partial charge in [0, 0.05) is 6.61 Å². The fourth-order valence-corrected chi connectivity index (χ4v) is 3.23. The van der Waals surface area contributed by atoms with Gasteiger partial charge in [0.15, 0.2) is 0 Å². The standard InChI is InChI=1S/C18H35NO4/c1-16(2,3)11-13(9-10-20)14-12-22-18(7,8)19(14)15(21)23-17(4,5)6/h13-14,20H,9-12H2,1-8H3/t13-,14-/m0/s1. The van der Waals surface area contributed by atoms with Gasteiger partial charge >= 0.3 is 6.09 Å². The third kappa shape index (κ3) is 5.96. The molecule has 0 unspecified atom stereocenters. The fraction of sp³-hybridized carbons (Fsp3) is 0.944. The maximum absolute atomic E-state index is 12.7. The summed E-state index contributed by atoms with van der Waals surface area (Å²) >= 11 is 0. The molecule has 0 radical (unpaired) electrons. The van der Waals surface area contributed by atoms with Gasteiger partial charge in [-0.3, -0.25) is 4.90 Å². The number of carbonyl (C=O) groups excluding carboxylic acids is 1. The summed E-state index contributed by atoms with van der Waals surface area (Å²) in [5, 5.41) is 9.46. The van der Waals surface area contributed by atoms with E-state index in [4.69, 9.17) is 9.47 Å². The molecule has 2 atom stereocenters. The molecule has 1 aliphatic heterocycles. The first-order valence-corrected chi connectivity index (χ1v) is 8.54. The van der Waals surface area contributed by atoms with Crippen LogP contribution in [0, 0.1) is 11.3 Å². The molecule has 5 nitrogen and oxygen atoms in total. The van der Waals surface area contributed by atoms with E-state index < -0.39 is 11.3 Å². The molecule has 136 valence electrons. The number of amides is 1. The number of aliphatic hydroxyl groups excluding tert-OH is 1. The van der Waals surface area contributed by atoms with Crippen LogP contribution in [0.5, 0.6) is 0 Å². The molecule has 1 fully saturated rings. The molecule has 0 saturated carbocycles. The van der Waals surface area contributed by atoms with Gasteiger partial charge in [0.1, 0.15) is 11.3 Å². The summed E-state index contributed by atoms with van der Waals surface area (Å²) in [6.45, 7) is 16.5. The summed E-state index contributed by atoms with van der Waals surface area (Å²) < 4.78 is 11.5. The first-order chi connectivity index (χ1) is 10.3. The summed E-state index contributed by atoms with van der Waals surface area (Å²) in [6.07, 6.45) is 1.22. The molecule has 0 aliphatic carbocycles. The summed E-state index contributed by atoms with van der Waals surface area (Å²) in [5.74, 6) is 0.175. The Labute approximate surface area is 141 Å². The number of nitrogens with zero attached hydrogens (tertiary/aromatic N) is 1. The summed E-state index contributed by atoms with van der Waals surface area (Å²) in [7, 11) is 0. The second-order valence-electron chi connectivity index (χ2n) is 9.21. The van der Waals surface area contributed by atoms with E-state index in [0.29, 0.717) is 13.0 Å². The van der Waals surface area contributed by atoms with Crippen LogP contribution in [-0.2, 0) is 9.47 Å². The Hall–Kier alpha value is -0.810. The van der Waals surface area contributed by atoms with Crippen molar-refractivity contribution in [3.05, 3.63) is 0 Å². The Morgan fingerprint density at radius 2 is 1.87 bits per heavy atom. The summed E-state index contributed by atoms with van der Waals surface area (Å²) in [5.41, 5.74) is -1.12. The highest BCUT2D eigenvalue weighted by atomic mass is 16.6. The molecule has 0 spiro atoms. The van der Waals surface area contributed by atoms with E-state index in [1.165, 1.54) is 0 Å². The zero-order valence-electron chi connectivity index (χ0n) is 16.1. The highest BCUT2D eigenvalue weighted by Crippen LogP contribution is 2.38. The number of hydrogen-bond donors (Lipinski definition) is 1. The second-order valence-corrected chi connectivity index (χ2v) is 9.21. The van der Waals surface area contributed by atoms with Crippen molar-refractivity contribution < 1.29 is 19.4 Å². The van der Waals surface area contributed by atoms with E-state index >= 15 is 0 Å². The topological polar surface area (TPSA) is 59.0 Å². The molecule has 0 bridgehead atoms. The lowest BCUT2D eigenvalue weighted by Crippen LogP contribution is -2.52. The van der Waals surface area contributed by atoms with Crippen molar-refractivity contribution in [3.63, 3.8) is 0 Å². The fourth-order valence-electron chi connectivity index (χ4n) is 3.23. The summed E-state index contributed by atoms with van der Waals surface area (Å²) in [6, 6.07) is -0.0776. The van der Waals surface area contributed by atoms with Crippen molar-refractivity contribution in [2.24, 2.45) is 11.3 Å². The van der Waals surface area contributed by atoms with Gasteiger partial charge in [-0.05, 0) is 58.8 Å². The van der Waals surface area contributed by atoms with Crippen LogP contribution in [0.2, 0.25) is 0 Å². The van der Waals surface area contributed by atoms with Gasteiger partial charge in [-0.25, -0.2) is 4.79 Å². The second kappa shape index (κ2) is 6.98. The van der Waals surface area contributed by atoms with Crippen LogP contribution in [0.1, 0.15) is 68.2 Å². The molecule has 0 aromatic heterocycles. The minimum Gasteiger partial charge on any atom is -0.444 e. The highest BCUT2D eigenvalue weighted by Gasteiger charge is 2.48. The zero-order valence-corrected chi connectivity index (χ0v) is 16.1. The largest absolute Gasteiger partial charge is 0.444 e. The molecule has 1 amide bonds. The molecule has 1 heterocycles. The van der Waals surface area contributed by atoms with E-state index in [-0.39, 0.29) is 30.1 Å². The third-order valence-corrected chi connectivity index (χ3v) is 4.03. The Kier molecular flexibility index (Phi) is 6.14. The maximum Gasteiger partial charge on any atom is 0.412 e. The minimum atomic E-state index is -0.696. The molecule has 1 N–H and O–H groups in total. The normalized spacial score (nSPS) is 23.0. The summed E-state index contributed by atoms with van der Waals surface area (Å²) in [4.78, 5) is 14.4. The van der Waals surface area contributed by atoms with E-state index in [1.807, 2.05) is 34.6 Å². The van der Waals surface area contributed by atoms with Gasteiger partial charge in [-0.1, -0.05) is 20.8 Å².